The molecule has 0 spiro atoms. The van der Waals surface area contributed by atoms with Crippen molar-refractivity contribution in [3.63, 3.8) is 0 Å². The maximum atomic E-state index is 13.1. The smallest absolute Gasteiger partial charge is 0.303 e. The fourth-order valence-electron chi connectivity index (χ4n) is 3.57. The molecule has 0 fully saturated rings. The van der Waals surface area contributed by atoms with Crippen molar-refractivity contribution in [2.75, 3.05) is 5.32 Å². The second-order valence-electron chi connectivity index (χ2n) is 7.33. The minimum Gasteiger partial charge on any atom is -0.481 e. The first-order valence-corrected chi connectivity index (χ1v) is 10.0. The van der Waals surface area contributed by atoms with Crippen molar-refractivity contribution in [1.29, 1.82) is 0 Å². The summed E-state index contributed by atoms with van der Waals surface area (Å²) in [5, 5.41) is 13.9. The molecular weight excluding hydrogens is 376 g/mol. The number of benzene rings is 3. The van der Waals surface area contributed by atoms with Crippen LogP contribution in [0.3, 0.4) is 0 Å². The Morgan fingerprint density at radius 3 is 2.60 bits per heavy atom. The van der Waals surface area contributed by atoms with E-state index in [0.717, 1.165) is 21.9 Å². The molecule has 0 bridgehead atoms. The van der Waals surface area contributed by atoms with Crippen LogP contribution in [0.1, 0.15) is 43.2 Å². The van der Waals surface area contributed by atoms with Crippen molar-refractivity contribution >= 4 is 34.0 Å². The highest BCUT2D eigenvalue weighted by atomic mass is 16.4. The SMILES string of the molecule is [C-]#[N+]c1ccc(CCCCC(=O)O)c(NC(=O)C(C)c2cccc3ccccc23)c1. The lowest BCUT2D eigenvalue weighted by Gasteiger charge is -2.17. The standard InChI is InChI=1S/C25H24N2O3/c1-17(21-12-7-10-18-8-3-5-11-22(18)21)25(30)27-23-16-20(26-2)15-14-19(23)9-4-6-13-24(28)29/h3,5,7-8,10-12,14-17H,4,6,9,13H2,1H3,(H,27,30)(H,28,29). The van der Waals surface area contributed by atoms with E-state index in [-0.39, 0.29) is 18.2 Å². The predicted octanol–water partition coefficient (Wildman–Crippen LogP) is 5.93. The zero-order chi connectivity index (χ0) is 21.5. The molecule has 2 N–H and O–H groups in total. The summed E-state index contributed by atoms with van der Waals surface area (Å²) in [5.74, 6) is -1.32. The van der Waals surface area contributed by atoms with Crippen molar-refractivity contribution in [2.45, 2.75) is 38.5 Å². The van der Waals surface area contributed by atoms with E-state index >= 15 is 0 Å². The number of carbonyl (C=O) groups excluding carboxylic acids is 1. The number of aryl methyl sites for hydroxylation is 1. The zero-order valence-electron chi connectivity index (χ0n) is 16.9. The van der Waals surface area contributed by atoms with E-state index in [1.54, 1.807) is 12.1 Å². The molecule has 30 heavy (non-hydrogen) atoms. The van der Waals surface area contributed by atoms with Crippen LogP contribution < -0.4 is 5.32 Å². The van der Waals surface area contributed by atoms with Gasteiger partial charge in [-0.05, 0) is 54.2 Å². The van der Waals surface area contributed by atoms with Crippen LogP contribution in [0.15, 0.2) is 60.7 Å². The number of amides is 1. The second kappa shape index (κ2) is 9.71. The Morgan fingerprint density at radius 2 is 1.83 bits per heavy atom. The van der Waals surface area contributed by atoms with E-state index in [1.807, 2.05) is 55.5 Å². The molecule has 0 radical (unpaired) electrons. The summed E-state index contributed by atoms with van der Waals surface area (Å²) in [6.07, 6.45) is 2.04. The van der Waals surface area contributed by atoms with Crippen LogP contribution in [-0.2, 0) is 16.0 Å². The van der Waals surface area contributed by atoms with Gasteiger partial charge in [-0.2, -0.15) is 0 Å². The summed E-state index contributed by atoms with van der Waals surface area (Å²) in [6.45, 7) is 9.14. The fraction of sp³-hybridized carbons (Fsp3) is 0.240. The molecule has 3 aromatic carbocycles. The Labute approximate surface area is 176 Å². The summed E-state index contributed by atoms with van der Waals surface area (Å²) in [6, 6.07) is 19.2. The molecule has 5 nitrogen and oxygen atoms in total. The van der Waals surface area contributed by atoms with Crippen LogP contribution in [0.2, 0.25) is 0 Å². The third-order valence-electron chi connectivity index (χ3n) is 5.25. The first kappa shape index (κ1) is 21.1. The van der Waals surface area contributed by atoms with Crippen LogP contribution >= 0.6 is 0 Å². The summed E-state index contributed by atoms with van der Waals surface area (Å²) in [4.78, 5) is 27.2. The van der Waals surface area contributed by atoms with Gasteiger partial charge in [-0.25, -0.2) is 4.85 Å². The number of anilines is 1. The molecule has 0 aromatic heterocycles. The van der Waals surface area contributed by atoms with Crippen LogP contribution in [-0.4, -0.2) is 17.0 Å². The Morgan fingerprint density at radius 1 is 1.07 bits per heavy atom. The van der Waals surface area contributed by atoms with Crippen LogP contribution in [0.25, 0.3) is 15.6 Å². The molecule has 0 aliphatic heterocycles. The van der Waals surface area contributed by atoms with Gasteiger partial charge in [-0.3, -0.25) is 9.59 Å². The Kier molecular flexibility index (Phi) is 6.82. The molecule has 0 saturated heterocycles. The Bertz CT molecular complexity index is 1110. The van der Waals surface area contributed by atoms with Crippen molar-refractivity contribution < 1.29 is 14.7 Å². The topological polar surface area (TPSA) is 70.8 Å². The minimum atomic E-state index is -0.809. The highest BCUT2D eigenvalue weighted by Gasteiger charge is 2.19. The van der Waals surface area contributed by atoms with Crippen LogP contribution in [0, 0.1) is 6.57 Å². The van der Waals surface area contributed by atoms with Crippen molar-refractivity contribution in [1.82, 2.24) is 0 Å². The zero-order valence-corrected chi connectivity index (χ0v) is 16.9. The van der Waals surface area contributed by atoms with Crippen molar-refractivity contribution in [3.8, 4) is 0 Å². The third-order valence-corrected chi connectivity index (χ3v) is 5.25. The summed E-state index contributed by atoms with van der Waals surface area (Å²) < 4.78 is 0. The van der Waals surface area contributed by atoms with Gasteiger partial charge in [0, 0.05) is 12.1 Å². The number of hydrogen-bond acceptors (Lipinski definition) is 2. The molecule has 5 heteroatoms. The average molecular weight is 400 g/mol. The third kappa shape index (κ3) is 5.03. The summed E-state index contributed by atoms with van der Waals surface area (Å²) >= 11 is 0. The number of nitrogens with one attached hydrogen (secondary N) is 1. The normalized spacial score (nSPS) is 11.6. The maximum Gasteiger partial charge on any atom is 0.303 e. The quantitative estimate of drug-likeness (QED) is 0.364. The average Bonchev–Trinajstić information content (AvgIpc) is 2.76. The largest absolute Gasteiger partial charge is 0.481 e. The number of carboxylic acid groups (broad SMARTS) is 1. The molecular formula is C25H24N2O3. The van der Waals surface area contributed by atoms with Gasteiger partial charge < -0.3 is 10.4 Å². The monoisotopic (exact) mass is 400 g/mol. The molecule has 0 heterocycles. The molecule has 0 aliphatic rings. The lowest BCUT2D eigenvalue weighted by atomic mass is 9.94. The molecule has 0 saturated carbocycles. The fourth-order valence-corrected chi connectivity index (χ4v) is 3.57. The van der Waals surface area contributed by atoms with Gasteiger partial charge in [0.1, 0.15) is 0 Å². The minimum absolute atomic E-state index is 0.125. The van der Waals surface area contributed by atoms with Gasteiger partial charge in [0.15, 0.2) is 5.69 Å². The number of rotatable bonds is 8. The first-order chi connectivity index (χ1) is 14.5. The second-order valence-corrected chi connectivity index (χ2v) is 7.33. The highest BCUT2D eigenvalue weighted by Crippen LogP contribution is 2.29. The van der Waals surface area contributed by atoms with Crippen LogP contribution in [0.5, 0.6) is 0 Å². The van der Waals surface area contributed by atoms with E-state index in [4.69, 9.17) is 11.7 Å². The van der Waals surface area contributed by atoms with Gasteiger partial charge in [0.2, 0.25) is 5.91 Å². The maximum absolute atomic E-state index is 13.1. The van der Waals surface area contributed by atoms with Gasteiger partial charge in [0.05, 0.1) is 12.5 Å². The first-order valence-electron chi connectivity index (χ1n) is 10.0. The van der Waals surface area contributed by atoms with Crippen molar-refractivity contribution in [3.05, 3.63) is 83.2 Å². The van der Waals surface area contributed by atoms with E-state index in [0.29, 0.717) is 30.6 Å². The van der Waals surface area contributed by atoms with Crippen LogP contribution in [0.4, 0.5) is 11.4 Å². The Hall–Kier alpha value is -3.65. The van der Waals surface area contributed by atoms with E-state index < -0.39 is 5.97 Å². The molecule has 152 valence electrons. The summed E-state index contributed by atoms with van der Waals surface area (Å²) in [7, 11) is 0. The summed E-state index contributed by atoms with van der Waals surface area (Å²) in [5.41, 5.74) is 2.94. The van der Waals surface area contributed by atoms with E-state index in [9.17, 15) is 9.59 Å². The number of nitrogens with zero attached hydrogens (tertiary/aromatic N) is 1. The Balaban J connectivity index is 1.80. The predicted molar refractivity (Wildman–Crippen MR) is 119 cm³/mol. The molecule has 3 rings (SSSR count). The molecule has 1 unspecified atom stereocenters. The number of carbonyl (C=O) groups is 2. The van der Waals surface area contributed by atoms with E-state index in [1.165, 1.54) is 0 Å². The number of unbranched alkanes of at least 4 members (excludes halogenated alkanes) is 1. The molecule has 0 aliphatic carbocycles. The molecule has 3 aromatic rings. The lowest BCUT2D eigenvalue weighted by molar-refractivity contribution is -0.137. The number of fused-ring (bicyclic) bond motifs is 1. The number of hydrogen-bond donors (Lipinski definition) is 2. The molecule has 1 atom stereocenters. The van der Waals surface area contributed by atoms with Gasteiger partial charge in [-0.1, -0.05) is 54.6 Å². The number of aliphatic carboxylic acids is 1. The van der Waals surface area contributed by atoms with Crippen molar-refractivity contribution in [2.24, 2.45) is 0 Å². The van der Waals surface area contributed by atoms with E-state index in [2.05, 4.69) is 10.2 Å². The lowest BCUT2D eigenvalue weighted by Crippen LogP contribution is -2.20. The van der Waals surface area contributed by atoms with Gasteiger partial charge in [0.25, 0.3) is 0 Å². The molecule has 1 amide bonds. The van der Waals surface area contributed by atoms with Gasteiger partial charge >= 0.3 is 5.97 Å². The van der Waals surface area contributed by atoms with Gasteiger partial charge in [-0.15, -0.1) is 0 Å². The highest BCUT2D eigenvalue weighted by molar-refractivity contribution is 6.00. The number of carboxylic acids is 1.